The van der Waals surface area contributed by atoms with Crippen molar-refractivity contribution in [2.45, 2.75) is 76.3 Å². The van der Waals surface area contributed by atoms with E-state index in [2.05, 4.69) is 0 Å². The third-order valence-electron chi connectivity index (χ3n) is 5.71. The minimum atomic E-state index is -2.99. The zero-order valence-corrected chi connectivity index (χ0v) is 12.3. The Labute approximate surface area is 123 Å². The van der Waals surface area contributed by atoms with Gasteiger partial charge in [-0.05, 0) is 63.2 Å². The van der Waals surface area contributed by atoms with Gasteiger partial charge < -0.3 is 11.5 Å². The van der Waals surface area contributed by atoms with E-state index in [0.717, 1.165) is 0 Å². The van der Waals surface area contributed by atoms with Crippen LogP contribution in [-0.2, 0) is 0 Å². The minimum absolute atomic E-state index is 0.0333. The summed E-state index contributed by atoms with van der Waals surface area (Å²) in [6.45, 7) is 0. The summed E-state index contributed by atoms with van der Waals surface area (Å²) in [5, 5.41) is 0. The van der Waals surface area contributed by atoms with Crippen LogP contribution in [0, 0.1) is 17.3 Å². The second kappa shape index (κ2) is 6.82. The molecule has 2 aliphatic rings. The summed E-state index contributed by atoms with van der Waals surface area (Å²) < 4.78 is 55.3. The lowest BCUT2D eigenvalue weighted by Gasteiger charge is -2.49. The maximum atomic E-state index is 13.8. The van der Waals surface area contributed by atoms with Crippen LogP contribution in [0.5, 0.6) is 0 Å². The SMILES string of the molecule is NC1CCC(C(C(F)F)(C(F)F)C2CCC(N)CC2)CC1. The molecule has 0 heterocycles. The van der Waals surface area contributed by atoms with Crippen LogP contribution in [0.4, 0.5) is 17.6 Å². The lowest BCUT2D eigenvalue weighted by Crippen LogP contribution is -2.53. The number of halogens is 4. The fourth-order valence-corrected chi connectivity index (χ4v) is 4.38. The van der Waals surface area contributed by atoms with Gasteiger partial charge in [0.1, 0.15) is 0 Å². The van der Waals surface area contributed by atoms with Gasteiger partial charge in [0.2, 0.25) is 12.9 Å². The minimum Gasteiger partial charge on any atom is -0.328 e. The molecule has 0 amide bonds. The van der Waals surface area contributed by atoms with Crippen LogP contribution in [0.3, 0.4) is 0 Å². The number of alkyl halides is 4. The van der Waals surface area contributed by atoms with Crippen molar-refractivity contribution >= 4 is 0 Å². The highest BCUT2D eigenvalue weighted by Crippen LogP contribution is 2.55. The van der Waals surface area contributed by atoms with Gasteiger partial charge in [0, 0.05) is 12.1 Å². The molecule has 0 bridgehead atoms. The van der Waals surface area contributed by atoms with E-state index in [1.165, 1.54) is 0 Å². The Kier molecular flexibility index (Phi) is 5.52. The van der Waals surface area contributed by atoms with Crippen LogP contribution in [0.1, 0.15) is 51.4 Å². The van der Waals surface area contributed by atoms with Crippen molar-refractivity contribution in [2.75, 3.05) is 0 Å². The second-order valence-electron chi connectivity index (χ2n) is 6.82. The van der Waals surface area contributed by atoms with Crippen molar-refractivity contribution in [3.8, 4) is 0 Å². The summed E-state index contributed by atoms with van der Waals surface area (Å²) >= 11 is 0. The Morgan fingerprint density at radius 1 is 0.619 bits per heavy atom. The molecule has 0 aliphatic heterocycles. The van der Waals surface area contributed by atoms with Gasteiger partial charge in [-0.25, -0.2) is 17.6 Å². The summed E-state index contributed by atoms with van der Waals surface area (Å²) in [5.41, 5.74) is 9.43. The first-order valence-corrected chi connectivity index (χ1v) is 7.96. The van der Waals surface area contributed by atoms with Crippen LogP contribution >= 0.6 is 0 Å². The fraction of sp³-hybridized carbons (Fsp3) is 1.00. The van der Waals surface area contributed by atoms with Crippen molar-refractivity contribution in [1.29, 1.82) is 0 Å². The monoisotopic (exact) mass is 310 g/mol. The molecule has 0 spiro atoms. The molecule has 2 rings (SSSR count). The van der Waals surface area contributed by atoms with Crippen LogP contribution in [0.15, 0.2) is 0 Å². The first kappa shape index (κ1) is 17.0. The molecule has 2 fully saturated rings. The largest absolute Gasteiger partial charge is 0.328 e. The van der Waals surface area contributed by atoms with E-state index in [1.807, 2.05) is 0 Å². The third kappa shape index (κ3) is 3.21. The maximum Gasteiger partial charge on any atom is 0.250 e. The topological polar surface area (TPSA) is 52.0 Å². The van der Waals surface area contributed by atoms with Crippen molar-refractivity contribution in [3.05, 3.63) is 0 Å². The number of rotatable bonds is 4. The summed E-state index contributed by atoms with van der Waals surface area (Å²) in [6, 6.07) is -0.0665. The predicted octanol–water partition coefficient (Wildman–Crippen LogP) is 3.54. The van der Waals surface area contributed by atoms with Crippen LogP contribution < -0.4 is 11.5 Å². The van der Waals surface area contributed by atoms with Crippen molar-refractivity contribution in [3.63, 3.8) is 0 Å². The number of hydrogen-bond donors (Lipinski definition) is 2. The third-order valence-corrected chi connectivity index (χ3v) is 5.71. The molecular weight excluding hydrogens is 284 g/mol. The van der Waals surface area contributed by atoms with Gasteiger partial charge in [-0.3, -0.25) is 0 Å². The quantitative estimate of drug-likeness (QED) is 0.780. The Bertz CT molecular complexity index is 290. The smallest absolute Gasteiger partial charge is 0.250 e. The molecule has 2 aliphatic carbocycles. The number of nitrogens with two attached hydrogens (primary N) is 2. The molecule has 0 aromatic rings. The van der Waals surface area contributed by atoms with E-state index in [-0.39, 0.29) is 12.1 Å². The molecule has 0 unspecified atom stereocenters. The average Bonchev–Trinajstić information content (AvgIpc) is 2.43. The zero-order chi connectivity index (χ0) is 15.6. The Hall–Kier alpha value is -0.360. The lowest BCUT2D eigenvalue weighted by atomic mass is 9.58. The van der Waals surface area contributed by atoms with Gasteiger partial charge in [-0.2, -0.15) is 0 Å². The highest BCUT2D eigenvalue weighted by Gasteiger charge is 2.59. The molecular formula is C15H26F4N2. The van der Waals surface area contributed by atoms with Crippen LogP contribution in [-0.4, -0.2) is 24.9 Å². The highest BCUT2D eigenvalue weighted by molar-refractivity contribution is 5.00. The highest BCUT2D eigenvalue weighted by atomic mass is 19.3. The van der Waals surface area contributed by atoms with Crippen molar-refractivity contribution in [2.24, 2.45) is 28.7 Å². The van der Waals surface area contributed by atoms with Crippen LogP contribution in [0.25, 0.3) is 0 Å². The van der Waals surface area contributed by atoms with Gasteiger partial charge in [-0.15, -0.1) is 0 Å². The second-order valence-corrected chi connectivity index (χ2v) is 6.82. The Morgan fingerprint density at radius 2 is 0.905 bits per heavy atom. The fourth-order valence-electron chi connectivity index (χ4n) is 4.38. The molecule has 0 aromatic carbocycles. The molecule has 21 heavy (non-hydrogen) atoms. The maximum absolute atomic E-state index is 13.8. The van der Waals surface area contributed by atoms with E-state index in [4.69, 9.17) is 11.5 Å². The number of hydrogen-bond acceptors (Lipinski definition) is 2. The molecule has 0 aromatic heterocycles. The summed E-state index contributed by atoms with van der Waals surface area (Å²) in [5.74, 6) is -1.26. The molecule has 0 radical (unpaired) electrons. The van der Waals surface area contributed by atoms with Gasteiger partial charge in [0.15, 0.2) is 0 Å². The van der Waals surface area contributed by atoms with Gasteiger partial charge in [-0.1, -0.05) is 0 Å². The summed E-state index contributed by atoms with van der Waals surface area (Å²) in [4.78, 5) is 0. The van der Waals surface area contributed by atoms with E-state index in [1.54, 1.807) is 0 Å². The first-order chi connectivity index (χ1) is 9.88. The summed E-state index contributed by atoms with van der Waals surface area (Å²) in [7, 11) is 0. The molecule has 2 saturated carbocycles. The van der Waals surface area contributed by atoms with Crippen molar-refractivity contribution < 1.29 is 17.6 Å². The standard InChI is InChI=1S/C15H26F4N2/c16-13(17)15(14(18)19,9-1-5-11(20)6-2-9)10-3-7-12(21)8-4-10/h9-14H,1-8,20-21H2. The average molecular weight is 310 g/mol. The van der Waals surface area contributed by atoms with E-state index in [9.17, 15) is 17.6 Å². The molecule has 124 valence electrons. The van der Waals surface area contributed by atoms with Gasteiger partial charge >= 0.3 is 0 Å². The van der Waals surface area contributed by atoms with E-state index < -0.39 is 30.1 Å². The molecule has 2 nitrogen and oxygen atoms in total. The summed E-state index contributed by atoms with van der Waals surface area (Å²) in [6.07, 6.45) is -2.16. The normalized spacial score (nSPS) is 35.4. The van der Waals surface area contributed by atoms with Crippen molar-refractivity contribution in [1.82, 2.24) is 0 Å². The molecule has 0 saturated heterocycles. The van der Waals surface area contributed by atoms with E-state index in [0.29, 0.717) is 51.4 Å². The van der Waals surface area contributed by atoms with E-state index >= 15 is 0 Å². The van der Waals surface area contributed by atoms with Gasteiger partial charge in [0.05, 0.1) is 5.41 Å². The zero-order valence-electron chi connectivity index (χ0n) is 12.3. The first-order valence-electron chi connectivity index (χ1n) is 7.96. The predicted molar refractivity (Wildman–Crippen MR) is 74.3 cm³/mol. The molecule has 0 atom stereocenters. The molecule has 6 heteroatoms. The lowest BCUT2D eigenvalue weighted by molar-refractivity contribution is -0.189. The Morgan fingerprint density at radius 3 is 1.14 bits per heavy atom. The van der Waals surface area contributed by atoms with Crippen LogP contribution in [0.2, 0.25) is 0 Å². The van der Waals surface area contributed by atoms with Gasteiger partial charge in [0.25, 0.3) is 0 Å². The Balaban J connectivity index is 2.25. The molecule has 4 N–H and O–H groups in total.